The number of ether oxygens (including phenoxy) is 2. The molecule has 2 aliphatic heterocycles. The highest BCUT2D eigenvalue weighted by atomic mass is 16.5. The van der Waals surface area contributed by atoms with E-state index < -0.39 is 12.1 Å². The SMILES string of the molecule is CCN1C(=O)N[C@H](c2cccc(Oc3ccccc3)c2)C2=C1CN([C@H](C)C(=O)NCCOC)C2=O. The van der Waals surface area contributed by atoms with E-state index in [1.165, 1.54) is 4.90 Å². The molecule has 4 rings (SSSR count). The average Bonchev–Trinajstić information content (AvgIpc) is 3.20. The fourth-order valence-electron chi connectivity index (χ4n) is 4.36. The lowest BCUT2D eigenvalue weighted by Gasteiger charge is -2.33. The molecule has 0 spiro atoms. The van der Waals surface area contributed by atoms with Gasteiger partial charge >= 0.3 is 6.03 Å². The summed E-state index contributed by atoms with van der Waals surface area (Å²) in [6, 6.07) is 15.1. The lowest BCUT2D eigenvalue weighted by Crippen LogP contribution is -2.47. The Hall–Kier alpha value is -3.85. The molecule has 9 heteroatoms. The van der Waals surface area contributed by atoms with Gasteiger partial charge in [-0.2, -0.15) is 0 Å². The molecule has 0 bridgehead atoms. The van der Waals surface area contributed by atoms with E-state index in [1.54, 1.807) is 18.9 Å². The number of amides is 4. The van der Waals surface area contributed by atoms with Gasteiger partial charge in [0.1, 0.15) is 17.5 Å². The minimum Gasteiger partial charge on any atom is -0.457 e. The second-order valence-corrected chi connectivity index (χ2v) is 8.37. The predicted molar refractivity (Wildman–Crippen MR) is 130 cm³/mol. The molecular weight excluding hydrogens is 448 g/mol. The van der Waals surface area contributed by atoms with Gasteiger partial charge in [0.25, 0.3) is 5.91 Å². The van der Waals surface area contributed by atoms with E-state index in [1.807, 2.05) is 61.5 Å². The topological polar surface area (TPSA) is 100 Å². The molecule has 4 amide bonds. The molecule has 2 heterocycles. The molecule has 9 nitrogen and oxygen atoms in total. The van der Waals surface area contributed by atoms with Crippen LogP contribution >= 0.6 is 0 Å². The number of hydrogen-bond donors (Lipinski definition) is 2. The average molecular weight is 479 g/mol. The maximum atomic E-state index is 13.6. The second-order valence-electron chi connectivity index (χ2n) is 8.37. The van der Waals surface area contributed by atoms with Crippen molar-refractivity contribution in [3.05, 3.63) is 71.4 Å². The summed E-state index contributed by atoms with van der Waals surface area (Å²) in [6.07, 6.45) is 0. The molecule has 2 N–H and O–H groups in total. The largest absolute Gasteiger partial charge is 0.457 e. The van der Waals surface area contributed by atoms with E-state index in [0.29, 0.717) is 42.5 Å². The van der Waals surface area contributed by atoms with Gasteiger partial charge in [0.2, 0.25) is 5.91 Å². The summed E-state index contributed by atoms with van der Waals surface area (Å²) >= 11 is 0. The zero-order valence-electron chi connectivity index (χ0n) is 20.1. The zero-order valence-corrected chi connectivity index (χ0v) is 20.1. The van der Waals surface area contributed by atoms with Crippen molar-refractivity contribution in [2.75, 3.05) is 33.4 Å². The summed E-state index contributed by atoms with van der Waals surface area (Å²) < 4.78 is 10.9. The number of para-hydroxylation sites is 1. The van der Waals surface area contributed by atoms with Gasteiger partial charge in [-0.1, -0.05) is 30.3 Å². The number of likely N-dealkylation sites (N-methyl/N-ethyl adjacent to an activating group) is 1. The Labute approximate surface area is 204 Å². The van der Waals surface area contributed by atoms with Crippen LogP contribution in [0.3, 0.4) is 0 Å². The van der Waals surface area contributed by atoms with Gasteiger partial charge in [0.15, 0.2) is 0 Å². The molecule has 35 heavy (non-hydrogen) atoms. The highest BCUT2D eigenvalue weighted by Gasteiger charge is 2.45. The van der Waals surface area contributed by atoms with Crippen LogP contribution in [0, 0.1) is 0 Å². The Morgan fingerprint density at radius 2 is 1.89 bits per heavy atom. The van der Waals surface area contributed by atoms with Crippen molar-refractivity contribution < 1.29 is 23.9 Å². The number of nitrogens with zero attached hydrogens (tertiary/aromatic N) is 2. The van der Waals surface area contributed by atoms with Crippen LogP contribution in [0.25, 0.3) is 0 Å². The summed E-state index contributed by atoms with van der Waals surface area (Å²) in [5.41, 5.74) is 1.82. The summed E-state index contributed by atoms with van der Waals surface area (Å²) in [5, 5.41) is 5.75. The number of carbonyl (C=O) groups is 3. The Morgan fingerprint density at radius 1 is 1.14 bits per heavy atom. The lowest BCUT2D eigenvalue weighted by molar-refractivity contribution is -0.135. The molecule has 184 valence electrons. The maximum Gasteiger partial charge on any atom is 0.322 e. The standard InChI is InChI=1S/C26H30N4O5/c1-4-29-21-16-30(17(2)24(31)27-13-14-34-3)25(32)22(21)23(28-26(29)33)18-9-8-12-20(15-18)35-19-10-6-5-7-11-19/h5-12,15,17,23H,4,13-14,16H2,1-3H3,(H,27,31)(H,28,33)/t17-,23-/m1/s1. The Kier molecular flexibility index (Phi) is 7.36. The molecule has 2 atom stereocenters. The number of nitrogens with one attached hydrogen (secondary N) is 2. The molecular formula is C26H30N4O5. The van der Waals surface area contributed by atoms with Crippen molar-refractivity contribution in [2.24, 2.45) is 0 Å². The fourth-order valence-corrected chi connectivity index (χ4v) is 4.36. The minimum atomic E-state index is -0.702. The predicted octanol–water partition coefficient (Wildman–Crippen LogP) is 2.81. The van der Waals surface area contributed by atoms with Crippen LogP contribution in [0.15, 0.2) is 65.9 Å². The number of rotatable bonds is 9. The van der Waals surface area contributed by atoms with Crippen LogP contribution in [0.5, 0.6) is 11.5 Å². The summed E-state index contributed by atoms with van der Waals surface area (Å²) in [6.45, 7) is 4.87. The number of hydrogen-bond acceptors (Lipinski definition) is 5. The van der Waals surface area contributed by atoms with E-state index >= 15 is 0 Å². The third-order valence-electron chi connectivity index (χ3n) is 6.19. The molecule has 2 aromatic carbocycles. The monoisotopic (exact) mass is 478 g/mol. The highest BCUT2D eigenvalue weighted by Crippen LogP contribution is 2.38. The number of methoxy groups -OCH3 is 1. The van der Waals surface area contributed by atoms with Gasteiger partial charge in [0.05, 0.1) is 30.5 Å². The molecule has 0 radical (unpaired) electrons. The third-order valence-corrected chi connectivity index (χ3v) is 6.19. The smallest absolute Gasteiger partial charge is 0.322 e. The van der Waals surface area contributed by atoms with Gasteiger partial charge in [-0.25, -0.2) is 4.79 Å². The third kappa shape index (κ3) is 5.00. The molecule has 0 unspecified atom stereocenters. The van der Waals surface area contributed by atoms with Crippen molar-refractivity contribution in [3.8, 4) is 11.5 Å². The molecule has 2 aromatic rings. The molecule has 2 aliphatic rings. The van der Waals surface area contributed by atoms with Crippen molar-refractivity contribution in [3.63, 3.8) is 0 Å². The first-order chi connectivity index (χ1) is 16.9. The van der Waals surface area contributed by atoms with Gasteiger partial charge < -0.3 is 25.0 Å². The number of urea groups is 1. The molecule has 0 saturated heterocycles. The van der Waals surface area contributed by atoms with Crippen LogP contribution in [0.1, 0.15) is 25.5 Å². The zero-order chi connectivity index (χ0) is 24.9. The second kappa shape index (κ2) is 10.6. The van der Waals surface area contributed by atoms with Crippen LogP contribution in [0.2, 0.25) is 0 Å². The van der Waals surface area contributed by atoms with Crippen molar-refractivity contribution >= 4 is 17.8 Å². The van der Waals surface area contributed by atoms with Crippen molar-refractivity contribution in [1.82, 2.24) is 20.4 Å². The van der Waals surface area contributed by atoms with Crippen molar-refractivity contribution in [2.45, 2.75) is 25.9 Å². The Bertz CT molecular complexity index is 1130. The summed E-state index contributed by atoms with van der Waals surface area (Å²) in [5.74, 6) is 0.738. The first-order valence-corrected chi connectivity index (χ1v) is 11.7. The van der Waals surface area contributed by atoms with Crippen LogP contribution in [0.4, 0.5) is 4.79 Å². The van der Waals surface area contributed by atoms with Crippen molar-refractivity contribution in [1.29, 1.82) is 0 Å². The molecule has 0 aliphatic carbocycles. The van der Waals surface area contributed by atoms with E-state index in [0.717, 1.165) is 5.56 Å². The summed E-state index contributed by atoms with van der Waals surface area (Å²) in [4.78, 5) is 42.3. The van der Waals surface area contributed by atoms with Gasteiger partial charge in [-0.05, 0) is 43.7 Å². The van der Waals surface area contributed by atoms with E-state index in [-0.39, 0.29) is 24.4 Å². The van der Waals surface area contributed by atoms with Gasteiger partial charge in [-0.3, -0.25) is 14.5 Å². The number of carbonyl (C=O) groups excluding carboxylic acids is 3. The highest BCUT2D eigenvalue weighted by molar-refractivity contribution is 6.03. The van der Waals surface area contributed by atoms with E-state index in [9.17, 15) is 14.4 Å². The number of benzene rings is 2. The van der Waals surface area contributed by atoms with Gasteiger partial charge in [0, 0.05) is 20.2 Å². The van der Waals surface area contributed by atoms with E-state index in [4.69, 9.17) is 9.47 Å². The Morgan fingerprint density at radius 3 is 2.60 bits per heavy atom. The maximum absolute atomic E-state index is 13.6. The fraction of sp³-hybridized carbons (Fsp3) is 0.346. The van der Waals surface area contributed by atoms with E-state index in [2.05, 4.69) is 10.6 Å². The van der Waals surface area contributed by atoms with Crippen LogP contribution in [-0.2, 0) is 14.3 Å². The molecule has 0 saturated carbocycles. The quantitative estimate of drug-likeness (QED) is 0.540. The van der Waals surface area contributed by atoms with Crippen LogP contribution in [-0.4, -0.2) is 67.0 Å². The molecule has 0 aromatic heterocycles. The normalized spacial score (nSPS) is 18.3. The van der Waals surface area contributed by atoms with Crippen LogP contribution < -0.4 is 15.4 Å². The molecule has 0 fully saturated rings. The first kappa shape index (κ1) is 24.3. The van der Waals surface area contributed by atoms with Gasteiger partial charge in [-0.15, -0.1) is 0 Å². The summed E-state index contributed by atoms with van der Waals surface area (Å²) in [7, 11) is 1.56. The Balaban J connectivity index is 1.61. The lowest BCUT2D eigenvalue weighted by atomic mass is 9.95. The minimum absolute atomic E-state index is 0.186. The first-order valence-electron chi connectivity index (χ1n) is 11.7.